The Morgan fingerprint density at radius 1 is 1.53 bits per heavy atom. The number of ketones is 1. The fourth-order valence-electron chi connectivity index (χ4n) is 0.998. The van der Waals surface area contributed by atoms with E-state index in [0.29, 0.717) is 5.56 Å². The summed E-state index contributed by atoms with van der Waals surface area (Å²) in [4.78, 5) is 26.5. The van der Waals surface area contributed by atoms with Crippen molar-refractivity contribution in [2.24, 2.45) is 0 Å². The molecule has 5 heteroatoms. The second-order valence-electron chi connectivity index (χ2n) is 2.71. The van der Waals surface area contributed by atoms with Crippen LogP contribution in [-0.2, 0) is 4.74 Å². The van der Waals surface area contributed by atoms with E-state index in [0.717, 1.165) is 0 Å². The van der Waals surface area contributed by atoms with Crippen molar-refractivity contribution in [1.29, 1.82) is 0 Å². The first-order chi connectivity index (χ1) is 7.19. The Bertz CT molecular complexity index is 379. The fourth-order valence-corrected chi connectivity index (χ4v) is 1.32. The summed E-state index contributed by atoms with van der Waals surface area (Å²) >= 11 is 3.06. The highest BCUT2D eigenvalue weighted by atomic mass is 79.9. The predicted octanol–water partition coefficient (Wildman–Crippen LogP) is 1.84. The van der Waals surface area contributed by atoms with Crippen LogP contribution in [0.3, 0.4) is 0 Å². The number of ether oxygens (including phenoxy) is 1. The molecule has 15 heavy (non-hydrogen) atoms. The molecule has 1 aromatic heterocycles. The Morgan fingerprint density at radius 3 is 2.87 bits per heavy atom. The first-order valence-corrected chi connectivity index (χ1v) is 5.53. The third kappa shape index (κ3) is 3.13. The number of hydrogen-bond acceptors (Lipinski definition) is 4. The number of rotatable bonds is 4. The van der Waals surface area contributed by atoms with E-state index in [1.165, 1.54) is 12.3 Å². The third-order valence-electron chi connectivity index (χ3n) is 1.69. The van der Waals surface area contributed by atoms with Gasteiger partial charge in [-0.2, -0.15) is 0 Å². The average molecular weight is 272 g/mol. The first kappa shape index (κ1) is 11.8. The summed E-state index contributed by atoms with van der Waals surface area (Å²) in [7, 11) is 0. The molecule has 0 unspecified atom stereocenters. The van der Waals surface area contributed by atoms with Crippen LogP contribution in [0.25, 0.3) is 0 Å². The van der Waals surface area contributed by atoms with Crippen LogP contribution in [0.2, 0.25) is 0 Å². The monoisotopic (exact) mass is 271 g/mol. The molecule has 0 radical (unpaired) electrons. The Balaban J connectivity index is 2.92. The largest absolute Gasteiger partial charge is 0.461 e. The second kappa shape index (κ2) is 5.60. The van der Waals surface area contributed by atoms with Crippen LogP contribution in [0, 0.1) is 0 Å². The number of halogens is 1. The van der Waals surface area contributed by atoms with Crippen LogP contribution in [0.15, 0.2) is 18.3 Å². The van der Waals surface area contributed by atoms with E-state index in [1.807, 2.05) is 0 Å². The van der Waals surface area contributed by atoms with Crippen LogP contribution in [0.4, 0.5) is 0 Å². The zero-order valence-electron chi connectivity index (χ0n) is 8.20. The molecule has 0 amide bonds. The molecule has 4 nitrogen and oxygen atoms in total. The molecule has 1 heterocycles. The molecule has 0 aliphatic heterocycles. The number of pyridine rings is 1. The summed E-state index contributed by atoms with van der Waals surface area (Å²) in [5.74, 6) is -0.607. The highest BCUT2D eigenvalue weighted by Gasteiger charge is 2.11. The number of esters is 1. The Labute approximate surface area is 95.8 Å². The van der Waals surface area contributed by atoms with Gasteiger partial charge in [-0.1, -0.05) is 15.9 Å². The van der Waals surface area contributed by atoms with Crippen molar-refractivity contribution in [3.63, 3.8) is 0 Å². The molecule has 1 rings (SSSR count). The summed E-state index contributed by atoms with van der Waals surface area (Å²) in [6.45, 7) is 2.00. The topological polar surface area (TPSA) is 56.3 Å². The van der Waals surface area contributed by atoms with E-state index in [-0.39, 0.29) is 23.4 Å². The lowest BCUT2D eigenvalue weighted by atomic mass is 10.1. The third-order valence-corrected chi connectivity index (χ3v) is 2.20. The Hall–Kier alpha value is -1.23. The number of carbonyl (C=O) groups excluding carboxylic acids is 2. The molecule has 80 valence electrons. The van der Waals surface area contributed by atoms with Crippen molar-refractivity contribution in [2.75, 3.05) is 11.9 Å². The zero-order valence-corrected chi connectivity index (χ0v) is 9.78. The lowest BCUT2D eigenvalue weighted by Gasteiger charge is -2.02. The zero-order chi connectivity index (χ0) is 11.3. The van der Waals surface area contributed by atoms with Crippen LogP contribution in [0.1, 0.15) is 27.8 Å². The maximum absolute atomic E-state index is 11.3. The molecule has 0 N–H and O–H groups in total. The lowest BCUT2D eigenvalue weighted by molar-refractivity contribution is 0.0519. The van der Waals surface area contributed by atoms with E-state index in [1.54, 1.807) is 13.0 Å². The predicted molar refractivity (Wildman–Crippen MR) is 58.3 cm³/mol. The van der Waals surface area contributed by atoms with Gasteiger partial charge in [-0.15, -0.1) is 0 Å². The van der Waals surface area contributed by atoms with Crippen LogP contribution in [0.5, 0.6) is 0 Å². The summed E-state index contributed by atoms with van der Waals surface area (Å²) in [5.41, 5.74) is 0.605. The van der Waals surface area contributed by atoms with Gasteiger partial charge in [0.1, 0.15) is 5.69 Å². The van der Waals surface area contributed by atoms with Gasteiger partial charge in [0.15, 0.2) is 5.78 Å². The van der Waals surface area contributed by atoms with Crippen molar-refractivity contribution < 1.29 is 14.3 Å². The minimum atomic E-state index is -0.512. The maximum atomic E-state index is 11.3. The molecule has 0 aliphatic carbocycles. The van der Waals surface area contributed by atoms with E-state index in [9.17, 15) is 9.59 Å². The molecule has 0 saturated carbocycles. The van der Waals surface area contributed by atoms with E-state index < -0.39 is 5.97 Å². The van der Waals surface area contributed by atoms with Crippen LogP contribution in [-0.4, -0.2) is 28.7 Å². The molecular weight excluding hydrogens is 262 g/mol. The van der Waals surface area contributed by atoms with Gasteiger partial charge in [0.2, 0.25) is 0 Å². The van der Waals surface area contributed by atoms with Gasteiger partial charge in [0.05, 0.1) is 11.9 Å². The van der Waals surface area contributed by atoms with Gasteiger partial charge >= 0.3 is 5.97 Å². The minimum Gasteiger partial charge on any atom is -0.461 e. The first-order valence-electron chi connectivity index (χ1n) is 4.41. The standard InChI is InChI=1S/C10H10BrNO3/c1-2-15-10(14)8-5-7(3-4-12-8)9(13)6-11/h3-5H,2,6H2,1H3. The van der Waals surface area contributed by atoms with Crippen molar-refractivity contribution in [2.45, 2.75) is 6.92 Å². The number of nitrogens with zero attached hydrogens (tertiary/aromatic N) is 1. The molecule has 0 aromatic carbocycles. The number of alkyl halides is 1. The molecule has 0 atom stereocenters. The van der Waals surface area contributed by atoms with Gasteiger partial charge in [0, 0.05) is 11.8 Å². The molecule has 0 fully saturated rings. The minimum absolute atomic E-state index is 0.0945. The normalized spacial score (nSPS) is 9.73. The highest BCUT2D eigenvalue weighted by molar-refractivity contribution is 9.09. The van der Waals surface area contributed by atoms with Gasteiger partial charge in [0.25, 0.3) is 0 Å². The summed E-state index contributed by atoms with van der Waals surface area (Å²) < 4.78 is 4.77. The van der Waals surface area contributed by atoms with Crippen LogP contribution < -0.4 is 0 Å². The molecule has 0 spiro atoms. The lowest BCUT2D eigenvalue weighted by Crippen LogP contribution is -2.09. The molecule has 0 saturated heterocycles. The van der Waals surface area contributed by atoms with Crippen molar-refractivity contribution in [1.82, 2.24) is 4.98 Å². The average Bonchev–Trinajstić information content (AvgIpc) is 2.28. The second-order valence-corrected chi connectivity index (χ2v) is 3.27. The van der Waals surface area contributed by atoms with Gasteiger partial charge in [-0.25, -0.2) is 9.78 Å². The van der Waals surface area contributed by atoms with Gasteiger partial charge in [-0.3, -0.25) is 4.79 Å². The molecule has 0 aliphatic rings. The van der Waals surface area contributed by atoms with Gasteiger partial charge in [-0.05, 0) is 19.1 Å². The molecule has 0 bridgehead atoms. The van der Waals surface area contributed by atoms with Gasteiger partial charge < -0.3 is 4.74 Å². The number of Topliss-reactive ketones (excluding diaryl/α,β-unsaturated/α-hetero) is 1. The quantitative estimate of drug-likeness (QED) is 0.476. The summed E-state index contributed by atoms with van der Waals surface area (Å²) in [5, 5.41) is 0.222. The fraction of sp³-hybridized carbons (Fsp3) is 0.300. The Kier molecular flexibility index (Phi) is 4.42. The highest BCUT2D eigenvalue weighted by Crippen LogP contribution is 2.06. The van der Waals surface area contributed by atoms with E-state index in [4.69, 9.17) is 4.74 Å². The molecule has 1 aromatic rings. The summed E-state index contributed by atoms with van der Waals surface area (Å²) in [6, 6.07) is 2.99. The Morgan fingerprint density at radius 2 is 2.27 bits per heavy atom. The van der Waals surface area contributed by atoms with Crippen molar-refractivity contribution >= 4 is 27.7 Å². The summed E-state index contributed by atoms with van der Waals surface area (Å²) in [6.07, 6.45) is 1.42. The van der Waals surface area contributed by atoms with Crippen molar-refractivity contribution in [3.05, 3.63) is 29.6 Å². The number of carbonyl (C=O) groups is 2. The van der Waals surface area contributed by atoms with E-state index in [2.05, 4.69) is 20.9 Å². The maximum Gasteiger partial charge on any atom is 0.356 e. The van der Waals surface area contributed by atoms with E-state index >= 15 is 0 Å². The SMILES string of the molecule is CCOC(=O)c1cc(C(=O)CBr)ccn1. The van der Waals surface area contributed by atoms with Crippen LogP contribution >= 0.6 is 15.9 Å². The van der Waals surface area contributed by atoms with Crippen molar-refractivity contribution in [3.8, 4) is 0 Å². The number of aromatic nitrogens is 1. The smallest absolute Gasteiger partial charge is 0.356 e. The number of hydrogen-bond donors (Lipinski definition) is 0. The molecular formula is C10H10BrNO3.